The molecule has 2 heterocycles. The van der Waals surface area contributed by atoms with E-state index in [2.05, 4.69) is 28.3 Å². The number of ether oxygens (including phenoxy) is 4. The van der Waals surface area contributed by atoms with Gasteiger partial charge in [0, 0.05) is 36.7 Å². The number of aliphatic carboxylic acids is 4. The van der Waals surface area contributed by atoms with Gasteiger partial charge in [0.25, 0.3) is 0 Å². The van der Waals surface area contributed by atoms with E-state index >= 15 is 0 Å². The molecule has 0 radical (unpaired) electrons. The number of carbonyl (C=O) groups is 5. The average Bonchev–Trinajstić information content (AvgIpc) is 3.10. The van der Waals surface area contributed by atoms with E-state index in [1.165, 1.54) is 0 Å². The number of hydrogen-bond donors (Lipinski definition) is 14. The van der Waals surface area contributed by atoms with Gasteiger partial charge in [0.15, 0.2) is 18.7 Å². The summed E-state index contributed by atoms with van der Waals surface area (Å²) in [7, 11) is 0. The number of rotatable bonds is 11. The number of nitrogens with one attached hydrogen (secondary N) is 1. The molecule has 27 nitrogen and oxygen atoms in total. The number of aliphatic hydroxyl groups excluding tert-OH is 9. The summed E-state index contributed by atoms with van der Waals surface area (Å²) in [5.74, 6) is -5.19. The van der Waals surface area contributed by atoms with Crippen LogP contribution in [0.15, 0.2) is 0 Å². The van der Waals surface area contributed by atoms with Gasteiger partial charge in [0.05, 0.1) is 19.3 Å². The summed E-state index contributed by atoms with van der Waals surface area (Å²) in [5, 5.41) is 131. The van der Waals surface area contributed by atoms with Crippen LogP contribution in [-0.2, 0) is 42.9 Å². The van der Waals surface area contributed by atoms with Gasteiger partial charge in [-0.3, -0.25) is 4.79 Å². The first-order valence-electron chi connectivity index (χ1n) is 17.6. The molecule has 2 saturated heterocycles. The summed E-state index contributed by atoms with van der Waals surface area (Å²) in [5.41, 5.74) is 15.0. The fourth-order valence-electron chi connectivity index (χ4n) is 5.44. The smallest absolute Gasteiger partial charge is 0.249 e. The van der Waals surface area contributed by atoms with Crippen LogP contribution in [0.25, 0.3) is 0 Å². The number of carbonyl (C=O) groups excluding carboxylic acids is 5. The molecule has 1 aliphatic carbocycles. The molecule has 22 N–H and O–H groups in total. The molecule has 17 atom stereocenters. The Morgan fingerprint density at radius 1 is 0.707 bits per heavy atom. The van der Waals surface area contributed by atoms with E-state index in [0.717, 1.165) is 27.7 Å². The van der Waals surface area contributed by atoms with Gasteiger partial charge in [-0.25, -0.2) is 0 Å². The quantitative estimate of drug-likeness (QED) is 0.0917. The molecule has 1 saturated carbocycles. The van der Waals surface area contributed by atoms with Crippen molar-refractivity contribution in [1.29, 1.82) is 0 Å². The summed E-state index contributed by atoms with van der Waals surface area (Å²) in [6.45, 7) is 2.91. The first-order valence-corrected chi connectivity index (χ1v) is 17.6. The molecule has 0 unspecified atom stereocenters. The SMILES string of the molecule is CC(=O)[O-].CC(=O)[O-].CC(=O)[O-].CC(=O)[O-].[NH3+]C[C@H]1O[C@H](O[C@H]2[C@H](O)[C@@H](O[C@@H]3O[C@@H](CO)[C@H](O)[C@@H]([NH3+])[C@@H]3O)[C@H](NC(=O)[C@@H](O)C[C@H]([NH3+])CO)C[C@@H]2[NH3+])[C@H](O)[C@@H](O)[C@@H]1O. The van der Waals surface area contributed by atoms with Gasteiger partial charge in [-0.1, -0.05) is 0 Å². The molecule has 0 aromatic carbocycles. The Labute approximate surface area is 331 Å². The summed E-state index contributed by atoms with van der Waals surface area (Å²) in [6.07, 6.45) is -19.0. The Morgan fingerprint density at radius 3 is 1.57 bits per heavy atom. The molecule has 27 heteroatoms. The highest BCUT2D eigenvalue weighted by molar-refractivity contribution is 5.80. The van der Waals surface area contributed by atoms with E-state index in [9.17, 15) is 50.8 Å². The molecule has 2 aliphatic heterocycles. The van der Waals surface area contributed by atoms with Gasteiger partial charge in [-0.2, -0.15) is 0 Å². The lowest BCUT2D eigenvalue weighted by atomic mass is 9.83. The van der Waals surface area contributed by atoms with Gasteiger partial charge in [-0.15, -0.1) is 0 Å². The van der Waals surface area contributed by atoms with Crippen molar-refractivity contribution in [3.63, 3.8) is 0 Å². The summed E-state index contributed by atoms with van der Waals surface area (Å²) < 4.78 is 22.9. The number of aliphatic hydroxyl groups is 9. The summed E-state index contributed by atoms with van der Waals surface area (Å²) >= 11 is 0. The maximum absolute atomic E-state index is 12.8. The lowest BCUT2D eigenvalue weighted by molar-refractivity contribution is -0.494. The highest BCUT2D eigenvalue weighted by atomic mass is 16.7. The lowest BCUT2D eigenvalue weighted by Gasteiger charge is -2.47. The monoisotopic (exact) mass is 855 g/mol. The Kier molecular flexibility index (Phi) is 27.6. The minimum absolute atomic E-state index is 0.0272. The predicted molar refractivity (Wildman–Crippen MR) is 175 cm³/mol. The first-order chi connectivity index (χ1) is 26.7. The number of hydrogen-bond acceptors (Lipinski definition) is 22. The van der Waals surface area contributed by atoms with Crippen molar-refractivity contribution >= 4 is 29.8 Å². The fraction of sp³-hybridized carbons (Fsp3) is 0.839. The molecular weight excluding hydrogens is 794 g/mol. The Bertz CT molecular complexity index is 1170. The van der Waals surface area contributed by atoms with Crippen molar-refractivity contribution in [3.8, 4) is 0 Å². The molecule has 0 spiro atoms. The van der Waals surface area contributed by atoms with Gasteiger partial charge < -0.3 is 133 Å². The Morgan fingerprint density at radius 2 is 1.14 bits per heavy atom. The molecule has 0 aromatic heterocycles. The second kappa shape index (κ2) is 28.2. The van der Waals surface area contributed by atoms with E-state index in [0.29, 0.717) is 0 Å². The van der Waals surface area contributed by atoms with E-state index in [1.807, 2.05) is 0 Å². The van der Waals surface area contributed by atoms with Gasteiger partial charge in [0.2, 0.25) is 5.91 Å². The van der Waals surface area contributed by atoms with Gasteiger partial charge in [-0.05, 0) is 27.7 Å². The first kappa shape index (κ1) is 56.8. The summed E-state index contributed by atoms with van der Waals surface area (Å²) in [6, 6.07) is -3.55. The normalized spacial score (nSPS) is 35.2. The van der Waals surface area contributed by atoms with E-state index < -0.39 is 140 Å². The molecule has 3 aliphatic rings. The predicted octanol–water partition coefficient (Wildman–Crippen LogP) is -16.9. The maximum Gasteiger partial charge on any atom is 0.249 e. The second-order valence-corrected chi connectivity index (χ2v) is 13.2. The van der Waals surface area contributed by atoms with Gasteiger partial charge in [0.1, 0.15) is 85.7 Å². The molecule has 3 rings (SSSR count). The molecular formula is C31H61N5O22. The number of amides is 1. The van der Waals surface area contributed by atoms with Crippen LogP contribution in [0.1, 0.15) is 40.5 Å². The largest absolute Gasteiger partial charge is 0.550 e. The molecule has 1 amide bonds. The van der Waals surface area contributed by atoms with Crippen molar-refractivity contribution in [2.24, 2.45) is 0 Å². The van der Waals surface area contributed by atoms with Crippen LogP contribution in [0.3, 0.4) is 0 Å². The number of carboxylic acids is 4. The third kappa shape index (κ3) is 20.6. The van der Waals surface area contributed by atoms with Crippen LogP contribution >= 0.6 is 0 Å². The molecule has 342 valence electrons. The van der Waals surface area contributed by atoms with Crippen LogP contribution in [0.4, 0.5) is 0 Å². The third-order valence-corrected chi connectivity index (χ3v) is 8.10. The fourth-order valence-corrected chi connectivity index (χ4v) is 5.44. The average molecular weight is 856 g/mol. The third-order valence-electron chi connectivity index (χ3n) is 8.10. The highest BCUT2D eigenvalue weighted by Crippen LogP contribution is 2.31. The van der Waals surface area contributed by atoms with Crippen molar-refractivity contribution < 1.29 is 132 Å². The van der Waals surface area contributed by atoms with Crippen molar-refractivity contribution in [2.45, 2.75) is 144 Å². The number of quaternary nitrogens is 4. The lowest BCUT2D eigenvalue weighted by Crippen LogP contribution is -2.80. The van der Waals surface area contributed by atoms with E-state index in [4.69, 9.17) is 58.6 Å². The Balaban J connectivity index is 0. The topological polar surface area (TPSA) is 519 Å². The van der Waals surface area contributed by atoms with E-state index in [-0.39, 0.29) is 26.0 Å². The molecule has 0 bridgehead atoms. The Hall–Kier alpha value is -3.33. The zero-order valence-electron chi connectivity index (χ0n) is 32.5. The van der Waals surface area contributed by atoms with Crippen molar-refractivity contribution in [1.82, 2.24) is 5.32 Å². The molecule has 3 fully saturated rings. The molecule has 58 heavy (non-hydrogen) atoms. The summed E-state index contributed by atoms with van der Waals surface area (Å²) in [4.78, 5) is 48.4. The molecule has 0 aromatic rings. The van der Waals surface area contributed by atoms with Crippen LogP contribution < -0.4 is 48.7 Å². The van der Waals surface area contributed by atoms with Crippen LogP contribution in [0, 0.1) is 0 Å². The zero-order valence-corrected chi connectivity index (χ0v) is 32.5. The standard InChI is InChI=1S/C23H45N5O14.4C2H4O2/c24-3-10-14(33)16(35)17(36)23(39-10)41-19-7(26)2-8(28-21(38)9(31)1-6(25)4-29)20(18(19)37)42-22-15(34)12(27)13(32)11(5-30)40-22;4*1-2(3)4/h6-20,22-23,29-37H,1-5,24-27H2,(H,28,38);4*1H3,(H,3,4)/t6-,7-,8+,9-,10+,11-,12+,13-,14+,15-,16-,17+,18-,19+,20-,22-,23+;;;;/m0..../s1. The van der Waals surface area contributed by atoms with Crippen LogP contribution in [-0.4, -0.2) is 199 Å². The van der Waals surface area contributed by atoms with E-state index in [1.54, 1.807) is 0 Å². The zero-order chi connectivity index (χ0) is 45.8. The highest BCUT2D eigenvalue weighted by Gasteiger charge is 2.54. The van der Waals surface area contributed by atoms with Crippen molar-refractivity contribution in [2.75, 3.05) is 19.8 Å². The number of carboxylic acid groups (broad SMARTS) is 4. The minimum atomic E-state index is -1.71. The maximum atomic E-state index is 12.8. The minimum Gasteiger partial charge on any atom is -0.550 e. The van der Waals surface area contributed by atoms with Gasteiger partial charge >= 0.3 is 0 Å². The second-order valence-electron chi connectivity index (χ2n) is 13.2. The van der Waals surface area contributed by atoms with Crippen molar-refractivity contribution in [3.05, 3.63) is 0 Å². The van der Waals surface area contributed by atoms with Crippen LogP contribution in [0.2, 0.25) is 0 Å². The van der Waals surface area contributed by atoms with Crippen LogP contribution in [0.5, 0.6) is 0 Å².